The van der Waals surface area contributed by atoms with Gasteiger partial charge in [-0.2, -0.15) is 0 Å². The van der Waals surface area contributed by atoms with Gasteiger partial charge >= 0.3 is 0 Å². The Morgan fingerprint density at radius 3 is 3.06 bits per heavy atom. The molecular weight excluding hydrogens is 226 g/mol. The van der Waals surface area contributed by atoms with E-state index >= 15 is 0 Å². The predicted octanol–water partition coefficient (Wildman–Crippen LogP) is 1.30. The third-order valence-electron chi connectivity index (χ3n) is 3.65. The molecule has 1 aromatic carbocycles. The van der Waals surface area contributed by atoms with Crippen LogP contribution in [0.25, 0.3) is 0 Å². The van der Waals surface area contributed by atoms with Crippen LogP contribution >= 0.6 is 0 Å². The van der Waals surface area contributed by atoms with Gasteiger partial charge in [-0.05, 0) is 43.0 Å². The first-order valence-electron chi connectivity index (χ1n) is 6.65. The van der Waals surface area contributed by atoms with Crippen molar-refractivity contribution in [2.24, 2.45) is 0 Å². The molecule has 1 amide bonds. The van der Waals surface area contributed by atoms with Crippen molar-refractivity contribution in [1.29, 1.82) is 0 Å². The van der Waals surface area contributed by atoms with Gasteiger partial charge in [-0.1, -0.05) is 0 Å². The summed E-state index contributed by atoms with van der Waals surface area (Å²) in [4.78, 5) is 13.9. The van der Waals surface area contributed by atoms with E-state index in [4.69, 9.17) is 5.73 Å². The lowest BCUT2D eigenvalue weighted by atomic mass is 10.1. The number of carbonyl (C=O) groups excluding carboxylic acids is 1. The van der Waals surface area contributed by atoms with Gasteiger partial charge in [-0.25, -0.2) is 0 Å². The Bertz CT molecular complexity index is 468. The SMILES string of the molecule is Nc1ccc2c(c1)CCN2CCC(=O)NC1CC1. The summed E-state index contributed by atoms with van der Waals surface area (Å²) >= 11 is 0. The van der Waals surface area contributed by atoms with E-state index in [0.29, 0.717) is 12.5 Å². The molecule has 0 radical (unpaired) electrons. The second-order valence-corrected chi connectivity index (χ2v) is 5.22. The zero-order valence-corrected chi connectivity index (χ0v) is 10.5. The maximum absolute atomic E-state index is 11.7. The lowest BCUT2D eigenvalue weighted by molar-refractivity contribution is -0.121. The van der Waals surface area contributed by atoms with Crippen LogP contribution in [0.5, 0.6) is 0 Å². The fourth-order valence-electron chi connectivity index (χ4n) is 2.49. The lowest BCUT2D eigenvalue weighted by Gasteiger charge is -2.19. The van der Waals surface area contributed by atoms with Crippen LogP contribution in [-0.2, 0) is 11.2 Å². The van der Waals surface area contributed by atoms with E-state index in [1.165, 1.54) is 11.3 Å². The van der Waals surface area contributed by atoms with E-state index in [0.717, 1.165) is 38.0 Å². The number of benzene rings is 1. The average Bonchev–Trinajstić information content (AvgIpc) is 3.06. The van der Waals surface area contributed by atoms with Gasteiger partial charge in [0.25, 0.3) is 0 Å². The van der Waals surface area contributed by atoms with Gasteiger partial charge in [-0.15, -0.1) is 0 Å². The van der Waals surface area contributed by atoms with Gasteiger partial charge < -0.3 is 16.0 Å². The second kappa shape index (κ2) is 4.52. The molecular formula is C14H19N3O. The zero-order chi connectivity index (χ0) is 12.5. The number of hydrogen-bond donors (Lipinski definition) is 2. The number of hydrogen-bond acceptors (Lipinski definition) is 3. The summed E-state index contributed by atoms with van der Waals surface area (Å²) in [6, 6.07) is 6.50. The fourth-order valence-corrected chi connectivity index (χ4v) is 2.49. The van der Waals surface area contributed by atoms with Crippen LogP contribution in [-0.4, -0.2) is 25.0 Å². The van der Waals surface area contributed by atoms with Crippen LogP contribution in [0.3, 0.4) is 0 Å². The van der Waals surface area contributed by atoms with Gasteiger partial charge in [0.05, 0.1) is 0 Å². The molecule has 1 aliphatic carbocycles. The molecule has 2 aliphatic rings. The first kappa shape index (κ1) is 11.4. The zero-order valence-electron chi connectivity index (χ0n) is 10.5. The van der Waals surface area contributed by atoms with E-state index in [1.807, 2.05) is 12.1 Å². The quantitative estimate of drug-likeness (QED) is 0.786. The molecule has 1 saturated carbocycles. The van der Waals surface area contributed by atoms with Crippen LogP contribution in [0.2, 0.25) is 0 Å². The molecule has 4 nitrogen and oxygen atoms in total. The van der Waals surface area contributed by atoms with Gasteiger partial charge in [0.2, 0.25) is 5.91 Å². The highest BCUT2D eigenvalue weighted by atomic mass is 16.1. The summed E-state index contributed by atoms with van der Waals surface area (Å²) in [6.45, 7) is 1.80. The molecule has 1 aliphatic heterocycles. The molecule has 1 fully saturated rings. The summed E-state index contributed by atoms with van der Waals surface area (Å²) in [6.07, 6.45) is 3.92. The van der Waals surface area contributed by atoms with Crippen molar-refractivity contribution in [2.75, 3.05) is 23.7 Å². The topological polar surface area (TPSA) is 58.4 Å². The largest absolute Gasteiger partial charge is 0.399 e. The van der Waals surface area contributed by atoms with Crippen molar-refractivity contribution in [1.82, 2.24) is 5.32 Å². The average molecular weight is 245 g/mol. The number of nitrogens with one attached hydrogen (secondary N) is 1. The van der Waals surface area contributed by atoms with Crippen LogP contribution in [0.4, 0.5) is 11.4 Å². The second-order valence-electron chi connectivity index (χ2n) is 5.22. The monoisotopic (exact) mass is 245 g/mol. The van der Waals surface area contributed by atoms with Crippen LogP contribution in [0, 0.1) is 0 Å². The smallest absolute Gasteiger partial charge is 0.221 e. The predicted molar refractivity (Wildman–Crippen MR) is 72.6 cm³/mol. The first-order chi connectivity index (χ1) is 8.72. The lowest BCUT2D eigenvalue weighted by Crippen LogP contribution is -2.31. The molecule has 3 rings (SSSR count). The maximum atomic E-state index is 11.7. The molecule has 1 aromatic rings. The molecule has 1 heterocycles. The Morgan fingerprint density at radius 1 is 1.44 bits per heavy atom. The Balaban J connectivity index is 1.57. The van der Waals surface area contributed by atoms with Crippen LogP contribution in [0.1, 0.15) is 24.8 Å². The van der Waals surface area contributed by atoms with Crippen molar-refractivity contribution in [3.63, 3.8) is 0 Å². The molecule has 0 aromatic heterocycles. The first-order valence-corrected chi connectivity index (χ1v) is 6.65. The number of rotatable bonds is 4. The minimum absolute atomic E-state index is 0.182. The van der Waals surface area contributed by atoms with E-state index in [-0.39, 0.29) is 5.91 Å². The third-order valence-corrected chi connectivity index (χ3v) is 3.65. The maximum Gasteiger partial charge on any atom is 0.221 e. The number of fused-ring (bicyclic) bond motifs is 1. The Morgan fingerprint density at radius 2 is 2.28 bits per heavy atom. The number of anilines is 2. The van der Waals surface area contributed by atoms with Gasteiger partial charge in [0, 0.05) is 36.9 Å². The van der Waals surface area contributed by atoms with Gasteiger partial charge in [0.1, 0.15) is 0 Å². The minimum atomic E-state index is 0.182. The molecule has 4 heteroatoms. The van der Waals surface area contributed by atoms with E-state index in [2.05, 4.69) is 16.3 Å². The highest BCUT2D eigenvalue weighted by molar-refractivity contribution is 5.77. The third kappa shape index (κ3) is 2.42. The normalized spacial score (nSPS) is 17.7. The molecule has 0 bridgehead atoms. The molecule has 0 unspecified atom stereocenters. The number of carbonyl (C=O) groups is 1. The summed E-state index contributed by atoms with van der Waals surface area (Å²) in [7, 11) is 0. The molecule has 0 atom stereocenters. The van der Waals surface area contributed by atoms with E-state index < -0.39 is 0 Å². The standard InChI is InChI=1S/C14H19N3O/c15-11-1-4-13-10(9-11)5-7-17(13)8-6-14(18)16-12-2-3-12/h1,4,9,12H,2-3,5-8,15H2,(H,16,18). The van der Waals surface area contributed by atoms with Crippen LogP contribution < -0.4 is 16.0 Å². The Kier molecular flexibility index (Phi) is 2.86. The molecule has 18 heavy (non-hydrogen) atoms. The molecule has 96 valence electrons. The highest BCUT2D eigenvalue weighted by Gasteiger charge is 2.24. The van der Waals surface area contributed by atoms with E-state index in [9.17, 15) is 4.79 Å². The van der Waals surface area contributed by atoms with Crippen molar-refractivity contribution < 1.29 is 4.79 Å². The summed E-state index contributed by atoms with van der Waals surface area (Å²) in [5, 5.41) is 3.03. The van der Waals surface area contributed by atoms with Gasteiger partial charge in [-0.3, -0.25) is 4.79 Å². The Labute approximate surface area is 107 Å². The molecule has 3 N–H and O–H groups in total. The van der Waals surface area contributed by atoms with E-state index in [1.54, 1.807) is 0 Å². The fraction of sp³-hybridized carbons (Fsp3) is 0.500. The summed E-state index contributed by atoms with van der Waals surface area (Å²) in [5.41, 5.74) is 9.14. The molecule has 0 saturated heterocycles. The van der Waals surface area contributed by atoms with Crippen molar-refractivity contribution in [3.8, 4) is 0 Å². The summed E-state index contributed by atoms with van der Waals surface area (Å²) in [5.74, 6) is 0.182. The number of nitrogens with two attached hydrogens (primary N) is 1. The number of nitrogen functional groups attached to an aromatic ring is 1. The van der Waals surface area contributed by atoms with Crippen LogP contribution in [0.15, 0.2) is 18.2 Å². The minimum Gasteiger partial charge on any atom is -0.399 e. The van der Waals surface area contributed by atoms with Crippen molar-refractivity contribution in [3.05, 3.63) is 23.8 Å². The molecule has 0 spiro atoms. The number of nitrogens with zero attached hydrogens (tertiary/aromatic N) is 1. The van der Waals surface area contributed by atoms with Gasteiger partial charge in [0.15, 0.2) is 0 Å². The van der Waals surface area contributed by atoms with Crippen molar-refractivity contribution >= 4 is 17.3 Å². The Hall–Kier alpha value is -1.71. The highest BCUT2D eigenvalue weighted by Crippen LogP contribution is 2.29. The number of amides is 1. The van der Waals surface area contributed by atoms with Crippen molar-refractivity contribution in [2.45, 2.75) is 31.7 Å². The summed E-state index contributed by atoms with van der Waals surface area (Å²) < 4.78 is 0.